The Balaban J connectivity index is 1.42. The van der Waals surface area contributed by atoms with Crippen molar-refractivity contribution in [2.45, 2.75) is 26.4 Å². The van der Waals surface area contributed by atoms with Gasteiger partial charge in [0.25, 0.3) is 0 Å². The molecule has 2 aliphatic rings. The Morgan fingerprint density at radius 1 is 1.27 bits per heavy atom. The van der Waals surface area contributed by atoms with Gasteiger partial charge in [0.05, 0.1) is 30.1 Å². The average Bonchev–Trinajstić information content (AvgIpc) is 3.29. The zero-order valence-electron chi connectivity index (χ0n) is 15.3. The van der Waals surface area contributed by atoms with Crippen molar-refractivity contribution in [3.8, 4) is 11.3 Å². The second-order valence-corrected chi connectivity index (χ2v) is 7.83. The van der Waals surface area contributed by atoms with E-state index >= 15 is 0 Å². The zero-order chi connectivity index (χ0) is 18.3. The van der Waals surface area contributed by atoms with E-state index in [-0.39, 0.29) is 6.09 Å². The lowest BCUT2D eigenvalue weighted by molar-refractivity contribution is 0.0291. The number of pyridine rings is 1. The Morgan fingerprint density at radius 2 is 2.12 bits per heavy atom. The highest BCUT2D eigenvalue weighted by atomic mass is 16.6. The van der Waals surface area contributed by atoms with Crippen molar-refractivity contribution in [3.63, 3.8) is 0 Å². The van der Waals surface area contributed by atoms with Crippen LogP contribution in [0.15, 0.2) is 53.1 Å². The molecule has 1 fully saturated rings. The number of carbonyl (C=O) groups is 1. The Morgan fingerprint density at radius 3 is 2.73 bits per heavy atom. The topological polar surface area (TPSA) is 58.8 Å². The van der Waals surface area contributed by atoms with Crippen LogP contribution in [0.5, 0.6) is 0 Å². The average molecular weight is 353 g/mol. The molecule has 0 aliphatic carbocycles. The molecule has 0 saturated carbocycles. The fourth-order valence-electron chi connectivity index (χ4n) is 3.39. The first-order valence-electron chi connectivity index (χ1n) is 8.83. The van der Waals surface area contributed by atoms with Gasteiger partial charge in [-0.1, -0.05) is 0 Å². The van der Waals surface area contributed by atoms with Crippen LogP contribution in [0.2, 0.25) is 0 Å². The van der Waals surface area contributed by atoms with Crippen LogP contribution in [0.25, 0.3) is 11.3 Å². The minimum atomic E-state index is -0.461. The van der Waals surface area contributed by atoms with Gasteiger partial charge in [-0.3, -0.25) is 4.98 Å². The second kappa shape index (κ2) is 6.20. The maximum Gasteiger partial charge on any atom is 0.410 e. The van der Waals surface area contributed by atoms with Crippen LogP contribution in [0.3, 0.4) is 0 Å². The Labute approximate surface area is 153 Å². The number of amides is 1. The van der Waals surface area contributed by atoms with E-state index in [1.54, 1.807) is 17.4 Å². The van der Waals surface area contributed by atoms with Crippen LogP contribution in [-0.4, -0.2) is 41.2 Å². The first-order chi connectivity index (χ1) is 12.4. The summed E-state index contributed by atoms with van der Waals surface area (Å²) in [5, 5.41) is 0. The van der Waals surface area contributed by atoms with Gasteiger partial charge in [0.15, 0.2) is 0 Å². The van der Waals surface area contributed by atoms with E-state index in [0.29, 0.717) is 19.0 Å². The quantitative estimate of drug-likeness (QED) is 0.819. The Kier molecular flexibility index (Phi) is 3.98. The molecule has 1 atom stereocenters. The molecule has 2 aromatic heterocycles. The van der Waals surface area contributed by atoms with E-state index in [1.807, 2.05) is 39.1 Å². The van der Waals surface area contributed by atoms with Gasteiger partial charge in [-0.25, -0.2) is 4.79 Å². The number of carbonyl (C=O) groups excluding carboxylic acids is 1. The standard InChI is InChI=1S/C20H23N3O3/c1-20(2,3)26-19(24)23-11-15-9-22(10-16(15)12-23)17-4-5-18(21-8-17)14-6-7-25-13-14/h4-9,13,16H,10-12H2,1-3H3. The van der Waals surface area contributed by atoms with E-state index in [1.165, 1.54) is 5.57 Å². The van der Waals surface area contributed by atoms with Crippen molar-refractivity contribution in [1.82, 2.24) is 9.88 Å². The summed E-state index contributed by atoms with van der Waals surface area (Å²) in [5.41, 5.74) is 3.74. The predicted octanol–water partition coefficient (Wildman–Crippen LogP) is 3.91. The lowest BCUT2D eigenvalue weighted by Crippen LogP contribution is -2.36. The summed E-state index contributed by atoms with van der Waals surface area (Å²) in [6, 6.07) is 5.97. The first kappa shape index (κ1) is 16.7. The normalized spacial score (nSPS) is 19.5. The van der Waals surface area contributed by atoms with Crippen LogP contribution < -0.4 is 4.90 Å². The van der Waals surface area contributed by atoms with E-state index in [2.05, 4.69) is 22.2 Å². The van der Waals surface area contributed by atoms with Crippen molar-refractivity contribution >= 4 is 11.8 Å². The molecule has 0 aromatic carbocycles. The summed E-state index contributed by atoms with van der Waals surface area (Å²) >= 11 is 0. The van der Waals surface area contributed by atoms with Gasteiger partial charge < -0.3 is 19.0 Å². The molecule has 136 valence electrons. The summed E-state index contributed by atoms with van der Waals surface area (Å²) < 4.78 is 10.6. The Hall–Kier alpha value is -2.76. The molecular formula is C20H23N3O3. The number of nitrogens with zero attached hydrogens (tertiary/aromatic N) is 3. The molecule has 0 spiro atoms. The van der Waals surface area contributed by atoms with Crippen molar-refractivity contribution in [2.75, 3.05) is 24.5 Å². The predicted molar refractivity (Wildman–Crippen MR) is 98.7 cm³/mol. The van der Waals surface area contributed by atoms with Crippen molar-refractivity contribution in [2.24, 2.45) is 5.92 Å². The molecule has 2 aliphatic heterocycles. The number of fused-ring (bicyclic) bond motifs is 1. The summed E-state index contributed by atoms with van der Waals surface area (Å²) in [6.07, 6.45) is 7.13. The highest BCUT2D eigenvalue weighted by Crippen LogP contribution is 2.33. The van der Waals surface area contributed by atoms with Crippen LogP contribution in [0.4, 0.5) is 10.5 Å². The minimum Gasteiger partial charge on any atom is -0.472 e. The van der Waals surface area contributed by atoms with Gasteiger partial charge in [-0.2, -0.15) is 0 Å². The molecule has 0 radical (unpaired) electrons. The first-order valence-corrected chi connectivity index (χ1v) is 8.83. The summed E-state index contributed by atoms with van der Waals surface area (Å²) in [7, 11) is 0. The number of rotatable bonds is 2. The number of hydrogen-bond acceptors (Lipinski definition) is 5. The highest BCUT2D eigenvalue weighted by Gasteiger charge is 2.37. The maximum atomic E-state index is 12.2. The fraction of sp³-hybridized carbons (Fsp3) is 0.400. The van der Waals surface area contributed by atoms with Gasteiger partial charge in [-0.15, -0.1) is 0 Å². The SMILES string of the molecule is CC(C)(C)OC(=O)N1CC2=CN(c3ccc(-c4ccoc4)nc3)CC2C1. The van der Waals surface area contributed by atoms with Crippen LogP contribution in [-0.2, 0) is 4.74 Å². The lowest BCUT2D eigenvalue weighted by atomic mass is 10.1. The van der Waals surface area contributed by atoms with Crippen molar-refractivity contribution in [1.29, 1.82) is 0 Å². The van der Waals surface area contributed by atoms with Crippen LogP contribution in [0.1, 0.15) is 20.8 Å². The summed E-state index contributed by atoms with van der Waals surface area (Å²) in [4.78, 5) is 20.8. The van der Waals surface area contributed by atoms with Crippen LogP contribution in [0, 0.1) is 5.92 Å². The molecule has 0 N–H and O–H groups in total. The van der Waals surface area contributed by atoms with Crippen LogP contribution >= 0.6 is 0 Å². The molecular weight excluding hydrogens is 330 g/mol. The summed E-state index contributed by atoms with van der Waals surface area (Å²) in [6.45, 7) is 7.88. The zero-order valence-corrected chi connectivity index (χ0v) is 15.3. The molecule has 1 amide bonds. The third-order valence-corrected chi connectivity index (χ3v) is 4.63. The van der Waals surface area contributed by atoms with E-state index < -0.39 is 5.60 Å². The number of likely N-dealkylation sites (tertiary alicyclic amines) is 1. The molecule has 4 rings (SSSR count). The number of ether oxygens (including phenoxy) is 1. The largest absolute Gasteiger partial charge is 0.472 e. The molecule has 2 aromatic rings. The lowest BCUT2D eigenvalue weighted by Gasteiger charge is -2.25. The molecule has 6 heteroatoms. The second-order valence-electron chi connectivity index (χ2n) is 7.83. The molecule has 0 bridgehead atoms. The molecule has 1 unspecified atom stereocenters. The fourth-order valence-corrected chi connectivity index (χ4v) is 3.39. The molecule has 26 heavy (non-hydrogen) atoms. The minimum absolute atomic E-state index is 0.231. The third-order valence-electron chi connectivity index (χ3n) is 4.63. The van der Waals surface area contributed by atoms with Gasteiger partial charge >= 0.3 is 6.09 Å². The monoisotopic (exact) mass is 353 g/mol. The smallest absolute Gasteiger partial charge is 0.410 e. The Bertz CT molecular complexity index is 819. The molecule has 6 nitrogen and oxygen atoms in total. The van der Waals surface area contributed by atoms with Crippen molar-refractivity contribution < 1.29 is 13.9 Å². The van der Waals surface area contributed by atoms with Crippen molar-refractivity contribution in [3.05, 3.63) is 48.7 Å². The number of aromatic nitrogens is 1. The molecule has 1 saturated heterocycles. The maximum absolute atomic E-state index is 12.2. The van der Waals surface area contributed by atoms with Gasteiger partial charge in [0.1, 0.15) is 5.60 Å². The van der Waals surface area contributed by atoms with E-state index in [0.717, 1.165) is 23.5 Å². The van der Waals surface area contributed by atoms with E-state index in [4.69, 9.17) is 9.15 Å². The number of furan rings is 1. The van der Waals surface area contributed by atoms with Gasteiger partial charge in [0, 0.05) is 37.3 Å². The summed E-state index contributed by atoms with van der Waals surface area (Å²) in [5.74, 6) is 0.357. The number of anilines is 1. The van der Waals surface area contributed by atoms with Gasteiger partial charge in [-0.05, 0) is 44.5 Å². The highest BCUT2D eigenvalue weighted by molar-refractivity contribution is 5.70. The number of hydrogen-bond donors (Lipinski definition) is 0. The molecule has 4 heterocycles. The van der Waals surface area contributed by atoms with Gasteiger partial charge in [0.2, 0.25) is 0 Å². The van der Waals surface area contributed by atoms with E-state index in [9.17, 15) is 4.79 Å². The third kappa shape index (κ3) is 3.31.